The van der Waals surface area contributed by atoms with Crippen LogP contribution in [0.1, 0.15) is 32.3 Å². The molecule has 1 aromatic carbocycles. The molecule has 0 unspecified atom stereocenters. The zero-order chi connectivity index (χ0) is 13.7. The van der Waals surface area contributed by atoms with Crippen LogP contribution in [0, 0.1) is 5.92 Å². The van der Waals surface area contributed by atoms with Crippen molar-refractivity contribution in [1.29, 1.82) is 0 Å². The summed E-state index contributed by atoms with van der Waals surface area (Å²) in [6.07, 6.45) is 2.62. The van der Waals surface area contributed by atoms with Crippen molar-refractivity contribution in [3.8, 4) is 5.75 Å². The van der Waals surface area contributed by atoms with Gasteiger partial charge >= 0.3 is 0 Å². The molecule has 0 spiro atoms. The monoisotopic (exact) mass is 327 g/mol. The van der Waals surface area contributed by atoms with Crippen LogP contribution in [0.3, 0.4) is 0 Å². The normalized spacial score (nSPS) is 14.9. The Labute approximate surface area is 123 Å². The number of hydrogen-bond donors (Lipinski definition) is 1. The minimum absolute atomic E-state index is 0.342. The average molecular weight is 328 g/mol. The summed E-state index contributed by atoms with van der Waals surface area (Å²) in [5, 5.41) is 3.40. The lowest BCUT2D eigenvalue weighted by atomic mass is 10.2. The van der Waals surface area contributed by atoms with E-state index in [-0.39, 0.29) is 0 Å². The number of rotatable bonds is 8. The number of hydrogen-bond acceptors (Lipinski definition) is 3. The Morgan fingerprint density at radius 1 is 1.37 bits per heavy atom. The molecule has 1 N–H and O–H groups in total. The fourth-order valence-electron chi connectivity index (χ4n) is 1.70. The van der Waals surface area contributed by atoms with E-state index in [1.54, 1.807) is 0 Å². The summed E-state index contributed by atoms with van der Waals surface area (Å²) in [5.41, 5.74) is 1.20. The Balaban J connectivity index is 1.80. The predicted octanol–water partition coefficient (Wildman–Crippen LogP) is 3.71. The van der Waals surface area contributed by atoms with Crippen molar-refractivity contribution in [2.24, 2.45) is 5.92 Å². The lowest BCUT2D eigenvalue weighted by Gasteiger charge is -2.12. The smallest absolute Gasteiger partial charge is 0.189 e. The van der Waals surface area contributed by atoms with Crippen molar-refractivity contribution in [3.05, 3.63) is 28.2 Å². The summed E-state index contributed by atoms with van der Waals surface area (Å²) >= 11 is 3.56. The zero-order valence-electron chi connectivity index (χ0n) is 11.6. The molecule has 2 rings (SSSR count). The highest BCUT2D eigenvalue weighted by atomic mass is 79.9. The molecular formula is C15H22BrNO2. The second-order valence-electron chi connectivity index (χ2n) is 5.37. The zero-order valence-corrected chi connectivity index (χ0v) is 13.2. The van der Waals surface area contributed by atoms with Crippen LogP contribution in [-0.2, 0) is 11.3 Å². The van der Waals surface area contributed by atoms with Crippen LogP contribution >= 0.6 is 15.9 Å². The summed E-state index contributed by atoms with van der Waals surface area (Å²) < 4.78 is 12.2. The molecule has 1 aliphatic carbocycles. The van der Waals surface area contributed by atoms with Crippen LogP contribution < -0.4 is 10.1 Å². The molecule has 0 saturated heterocycles. The summed E-state index contributed by atoms with van der Waals surface area (Å²) in [4.78, 5) is 0. The van der Waals surface area contributed by atoms with Crippen molar-refractivity contribution in [2.45, 2.75) is 39.3 Å². The molecule has 0 heterocycles. The van der Waals surface area contributed by atoms with E-state index in [1.807, 2.05) is 12.1 Å². The predicted molar refractivity (Wildman–Crippen MR) is 80.3 cm³/mol. The number of halogens is 1. The van der Waals surface area contributed by atoms with E-state index >= 15 is 0 Å². The van der Waals surface area contributed by atoms with Crippen molar-refractivity contribution >= 4 is 15.9 Å². The Morgan fingerprint density at radius 2 is 2.16 bits per heavy atom. The van der Waals surface area contributed by atoms with Gasteiger partial charge in [0.15, 0.2) is 6.79 Å². The van der Waals surface area contributed by atoms with Crippen molar-refractivity contribution in [2.75, 3.05) is 13.4 Å². The van der Waals surface area contributed by atoms with Crippen LogP contribution in [0.2, 0.25) is 0 Å². The first-order chi connectivity index (χ1) is 9.15. The molecule has 3 nitrogen and oxygen atoms in total. The van der Waals surface area contributed by atoms with Crippen molar-refractivity contribution < 1.29 is 9.47 Å². The van der Waals surface area contributed by atoms with E-state index in [0.717, 1.165) is 29.3 Å². The van der Waals surface area contributed by atoms with Crippen LogP contribution in [0.15, 0.2) is 22.7 Å². The van der Waals surface area contributed by atoms with Gasteiger partial charge in [-0.2, -0.15) is 0 Å². The number of benzene rings is 1. The van der Waals surface area contributed by atoms with E-state index in [1.165, 1.54) is 18.4 Å². The lowest BCUT2D eigenvalue weighted by molar-refractivity contribution is 0.00993. The Bertz CT molecular complexity index is 405. The van der Waals surface area contributed by atoms with Gasteiger partial charge in [-0.3, -0.25) is 0 Å². The molecule has 4 heteroatoms. The first-order valence-electron chi connectivity index (χ1n) is 6.87. The Kier molecular flexibility index (Phi) is 5.67. The molecule has 0 radical (unpaired) electrons. The van der Waals surface area contributed by atoms with E-state index in [9.17, 15) is 0 Å². The minimum atomic E-state index is 0.342. The van der Waals surface area contributed by atoms with Gasteiger partial charge in [-0.15, -0.1) is 0 Å². The third-order valence-corrected chi connectivity index (χ3v) is 3.85. The van der Waals surface area contributed by atoms with Crippen LogP contribution in [-0.4, -0.2) is 19.4 Å². The first kappa shape index (κ1) is 14.8. The van der Waals surface area contributed by atoms with E-state index in [4.69, 9.17) is 9.47 Å². The van der Waals surface area contributed by atoms with Gasteiger partial charge in [0.1, 0.15) is 5.75 Å². The molecule has 0 aliphatic heterocycles. The van der Waals surface area contributed by atoms with Crippen LogP contribution in [0.4, 0.5) is 0 Å². The molecule has 1 fully saturated rings. The van der Waals surface area contributed by atoms with Gasteiger partial charge in [-0.1, -0.05) is 29.8 Å². The second-order valence-corrected chi connectivity index (χ2v) is 6.22. The van der Waals surface area contributed by atoms with Crippen LogP contribution in [0.5, 0.6) is 5.75 Å². The first-order valence-corrected chi connectivity index (χ1v) is 7.67. The minimum Gasteiger partial charge on any atom is -0.468 e. The molecule has 1 aliphatic rings. The van der Waals surface area contributed by atoms with E-state index < -0.39 is 0 Å². The second kappa shape index (κ2) is 7.27. The van der Waals surface area contributed by atoms with E-state index in [2.05, 4.69) is 41.2 Å². The Hall–Kier alpha value is -0.580. The van der Waals surface area contributed by atoms with Crippen LogP contribution in [0.25, 0.3) is 0 Å². The summed E-state index contributed by atoms with van der Waals surface area (Å²) in [6, 6.07) is 6.51. The van der Waals surface area contributed by atoms with Gasteiger partial charge in [0.05, 0.1) is 6.61 Å². The van der Waals surface area contributed by atoms with Crippen molar-refractivity contribution in [1.82, 2.24) is 5.32 Å². The molecule has 0 atom stereocenters. The molecule has 0 bridgehead atoms. The maximum absolute atomic E-state index is 5.62. The molecule has 0 amide bonds. The van der Waals surface area contributed by atoms with Gasteiger partial charge in [0.25, 0.3) is 0 Å². The largest absolute Gasteiger partial charge is 0.468 e. The standard InChI is InChI=1S/C15H22BrNO2/c1-11(2)17-8-13-7-14(5-6-15(13)16)19-10-18-9-12-3-4-12/h5-7,11-12,17H,3-4,8-10H2,1-2H3. The molecule has 0 aromatic heterocycles. The third kappa shape index (κ3) is 5.51. The molecule has 1 saturated carbocycles. The fourth-order valence-corrected chi connectivity index (χ4v) is 2.09. The fraction of sp³-hybridized carbons (Fsp3) is 0.600. The van der Waals surface area contributed by atoms with Gasteiger partial charge in [0, 0.05) is 17.1 Å². The molecular weight excluding hydrogens is 306 g/mol. The molecule has 106 valence electrons. The summed E-state index contributed by atoms with van der Waals surface area (Å²) in [5.74, 6) is 1.64. The Morgan fingerprint density at radius 3 is 2.84 bits per heavy atom. The summed E-state index contributed by atoms with van der Waals surface area (Å²) in [6.45, 7) is 6.28. The summed E-state index contributed by atoms with van der Waals surface area (Å²) in [7, 11) is 0. The quantitative estimate of drug-likeness (QED) is 0.583. The maximum atomic E-state index is 5.62. The highest BCUT2D eigenvalue weighted by molar-refractivity contribution is 9.10. The number of nitrogens with one attached hydrogen (secondary N) is 1. The molecule has 19 heavy (non-hydrogen) atoms. The highest BCUT2D eigenvalue weighted by Gasteiger charge is 2.21. The van der Waals surface area contributed by atoms with Gasteiger partial charge in [0.2, 0.25) is 0 Å². The molecule has 1 aromatic rings. The van der Waals surface area contributed by atoms with Crippen molar-refractivity contribution in [3.63, 3.8) is 0 Å². The lowest BCUT2D eigenvalue weighted by Crippen LogP contribution is -2.22. The van der Waals surface area contributed by atoms with Gasteiger partial charge in [-0.25, -0.2) is 0 Å². The topological polar surface area (TPSA) is 30.5 Å². The highest BCUT2D eigenvalue weighted by Crippen LogP contribution is 2.29. The number of ether oxygens (including phenoxy) is 2. The SMILES string of the molecule is CC(C)NCc1cc(OCOCC2CC2)ccc1Br. The third-order valence-electron chi connectivity index (χ3n) is 3.08. The average Bonchev–Trinajstić information content (AvgIpc) is 3.18. The van der Waals surface area contributed by atoms with E-state index in [0.29, 0.717) is 12.8 Å². The van der Waals surface area contributed by atoms with Gasteiger partial charge < -0.3 is 14.8 Å². The van der Waals surface area contributed by atoms with Gasteiger partial charge in [-0.05, 0) is 42.5 Å². The maximum Gasteiger partial charge on any atom is 0.189 e.